The van der Waals surface area contributed by atoms with Crippen LogP contribution in [0.25, 0.3) is 11.2 Å². The van der Waals surface area contributed by atoms with Crippen molar-refractivity contribution >= 4 is 34.5 Å². The highest BCUT2D eigenvalue weighted by molar-refractivity contribution is 7.99. The van der Waals surface area contributed by atoms with Crippen LogP contribution in [-0.4, -0.2) is 41.5 Å². The van der Waals surface area contributed by atoms with Crippen LogP contribution < -0.4 is 11.2 Å². The maximum Gasteiger partial charge on any atom is 0.332 e. The van der Waals surface area contributed by atoms with Gasteiger partial charge in [-0.25, -0.2) is 9.78 Å². The Morgan fingerprint density at radius 2 is 1.53 bits per heavy atom. The zero-order valence-corrected chi connectivity index (χ0v) is 19.1. The fourth-order valence-corrected chi connectivity index (χ4v) is 4.66. The Hall–Kier alpha value is -2.81. The molecule has 166 valence electrons. The number of aliphatic hydroxyl groups is 1. The number of imidazole rings is 1. The van der Waals surface area contributed by atoms with E-state index in [0.29, 0.717) is 28.6 Å². The van der Waals surface area contributed by atoms with Crippen LogP contribution in [0.1, 0.15) is 11.1 Å². The molecule has 0 amide bonds. The lowest BCUT2D eigenvalue weighted by molar-refractivity contribution is 0.223. The Morgan fingerprint density at radius 3 is 2.09 bits per heavy atom. The number of thioether (sulfide) groups is 1. The predicted molar refractivity (Wildman–Crippen MR) is 128 cm³/mol. The van der Waals surface area contributed by atoms with Crippen molar-refractivity contribution < 1.29 is 5.11 Å². The molecule has 0 bridgehead atoms. The van der Waals surface area contributed by atoms with Crippen molar-refractivity contribution in [1.82, 2.24) is 18.7 Å². The van der Waals surface area contributed by atoms with E-state index in [4.69, 9.17) is 11.6 Å². The van der Waals surface area contributed by atoms with E-state index in [1.54, 1.807) is 7.05 Å². The van der Waals surface area contributed by atoms with Gasteiger partial charge in [0.2, 0.25) is 0 Å². The zero-order valence-electron chi connectivity index (χ0n) is 17.5. The van der Waals surface area contributed by atoms with E-state index in [2.05, 4.69) is 4.98 Å². The second-order valence-electron chi connectivity index (χ2n) is 7.48. The number of hydrogen-bond donors (Lipinski definition) is 1. The van der Waals surface area contributed by atoms with Gasteiger partial charge in [-0.05, 0) is 11.1 Å². The third kappa shape index (κ3) is 4.53. The van der Waals surface area contributed by atoms with E-state index in [9.17, 15) is 14.7 Å². The molecule has 9 heteroatoms. The molecular formula is C23H23ClN4O3S. The molecule has 2 aromatic carbocycles. The first kappa shape index (κ1) is 22.4. The van der Waals surface area contributed by atoms with Crippen LogP contribution in [0, 0.1) is 0 Å². The highest BCUT2D eigenvalue weighted by Crippen LogP contribution is 2.24. The summed E-state index contributed by atoms with van der Waals surface area (Å²) < 4.78 is 4.46. The molecule has 4 aromatic rings. The van der Waals surface area contributed by atoms with Crippen LogP contribution in [0.4, 0.5) is 0 Å². The highest BCUT2D eigenvalue weighted by Gasteiger charge is 2.21. The largest absolute Gasteiger partial charge is 0.391 e. The molecule has 0 saturated heterocycles. The number of halogens is 1. The van der Waals surface area contributed by atoms with Gasteiger partial charge in [0.05, 0.1) is 19.2 Å². The average molecular weight is 471 g/mol. The van der Waals surface area contributed by atoms with Gasteiger partial charge in [-0.1, -0.05) is 72.4 Å². The van der Waals surface area contributed by atoms with E-state index in [-0.39, 0.29) is 18.0 Å². The molecule has 1 unspecified atom stereocenters. The van der Waals surface area contributed by atoms with Crippen molar-refractivity contribution in [2.45, 2.75) is 24.3 Å². The summed E-state index contributed by atoms with van der Waals surface area (Å²) in [6.07, 6.45) is -0.704. The summed E-state index contributed by atoms with van der Waals surface area (Å²) in [6, 6.07) is 19.1. The normalized spacial score (nSPS) is 12.3. The fourth-order valence-electron chi connectivity index (χ4n) is 3.50. The first-order valence-corrected chi connectivity index (χ1v) is 11.7. The summed E-state index contributed by atoms with van der Waals surface area (Å²) in [5, 5.41) is 10.5. The molecule has 0 fully saturated rings. The molecule has 0 radical (unpaired) electrons. The lowest BCUT2D eigenvalue weighted by Crippen LogP contribution is -2.40. The number of alkyl halides is 1. The molecule has 7 nitrogen and oxygen atoms in total. The Labute approximate surface area is 193 Å². The molecular weight excluding hydrogens is 448 g/mol. The molecule has 1 N–H and O–H groups in total. The summed E-state index contributed by atoms with van der Waals surface area (Å²) in [7, 11) is 1.62. The standard InChI is InChI=1S/C23H23ClN4O3S/c1-26-20-19(21(30)28(23(26)31)14-17-10-6-3-7-11-17)27(13-16-8-4-2-5-9-16)22(25-20)32-15-18(29)12-24/h2-11,18,29H,12-15H2,1H3. The molecule has 0 aliphatic rings. The second kappa shape index (κ2) is 9.77. The Balaban J connectivity index is 1.89. The number of aryl methyl sites for hydroxylation is 1. The number of benzene rings is 2. The van der Waals surface area contributed by atoms with Gasteiger partial charge in [-0.15, -0.1) is 11.6 Å². The second-order valence-corrected chi connectivity index (χ2v) is 8.77. The molecule has 1 atom stereocenters. The molecule has 0 saturated carbocycles. The van der Waals surface area contributed by atoms with Crippen LogP contribution >= 0.6 is 23.4 Å². The topological polar surface area (TPSA) is 82.1 Å². The van der Waals surface area contributed by atoms with E-state index in [0.717, 1.165) is 11.1 Å². The van der Waals surface area contributed by atoms with E-state index in [1.807, 2.05) is 65.2 Å². The molecule has 4 rings (SSSR count). The maximum absolute atomic E-state index is 13.5. The zero-order chi connectivity index (χ0) is 22.7. The quantitative estimate of drug-likeness (QED) is 0.316. The van der Waals surface area contributed by atoms with Crippen LogP contribution in [0.5, 0.6) is 0 Å². The maximum atomic E-state index is 13.5. The summed E-state index contributed by atoms with van der Waals surface area (Å²) >= 11 is 7.06. The SMILES string of the molecule is Cn1c(=O)n(Cc2ccccc2)c(=O)c2c1nc(SCC(O)CCl)n2Cc1ccccc1. The van der Waals surface area contributed by atoms with Crippen LogP contribution in [0.2, 0.25) is 0 Å². The van der Waals surface area contributed by atoms with Crippen LogP contribution in [0.3, 0.4) is 0 Å². The molecule has 32 heavy (non-hydrogen) atoms. The molecule has 0 aliphatic heterocycles. The molecule has 2 heterocycles. The van der Waals surface area contributed by atoms with Crippen molar-refractivity contribution in [3.8, 4) is 0 Å². The van der Waals surface area contributed by atoms with E-state index < -0.39 is 11.8 Å². The fraction of sp³-hybridized carbons (Fsp3) is 0.261. The Kier molecular flexibility index (Phi) is 6.83. The minimum atomic E-state index is -0.704. The number of fused-ring (bicyclic) bond motifs is 1. The van der Waals surface area contributed by atoms with Crippen molar-refractivity contribution in [2.24, 2.45) is 7.05 Å². The lowest BCUT2D eigenvalue weighted by atomic mass is 10.2. The molecule has 0 aliphatic carbocycles. The van der Waals surface area contributed by atoms with Crippen molar-refractivity contribution in [2.75, 3.05) is 11.6 Å². The third-order valence-electron chi connectivity index (χ3n) is 5.15. The molecule has 0 spiro atoms. The van der Waals surface area contributed by atoms with E-state index >= 15 is 0 Å². The number of rotatable bonds is 8. The summed E-state index contributed by atoms with van der Waals surface area (Å²) in [4.78, 5) is 31.2. The van der Waals surface area contributed by atoms with Crippen molar-refractivity contribution in [1.29, 1.82) is 0 Å². The monoisotopic (exact) mass is 470 g/mol. The van der Waals surface area contributed by atoms with Crippen LogP contribution in [-0.2, 0) is 20.1 Å². The number of hydrogen-bond acceptors (Lipinski definition) is 5. The van der Waals surface area contributed by atoms with Gasteiger partial charge in [-0.2, -0.15) is 0 Å². The summed E-state index contributed by atoms with van der Waals surface area (Å²) in [6.45, 7) is 0.585. The number of aliphatic hydroxyl groups excluding tert-OH is 1. The van der Waals surface area contributed by atoms with Crippen LogP contribution in [0.15, 0.2) is 75.4 Å². The predicted octanol–water partition coefficient (Wildman–Crippen LogP) is 2.69. The number of nitrogens with zero attached hydrogens (tertiary/aromatic N) is 4. The highest BCUT2D eigenvalue weighted by atomic mass is 35.5. The first-order chi connectivity index (χ1) is 15.5. The summed E-state index contributed by atoms with van der Waals surface area (Å²) in [5.41, 5.74) is 1.72. The van der Waals surface area contributed by atoms with Crippen molar-refractivity contribution in [3.63, 3.8) is 0 Å². The minimum absolute atomic E-state index is 0.105. The van der Waals surface area contributed by atoms with Crippen molar-refractivity contribution in [3.05, 3.63) is 92.6 Å². The van der Waals surface area contributed by atoms with Gasteiger partial charge in [0.15, 0.2) is 16.3 Å². The lowest BCUT2D eigenvalue weighted by Gasteiger charge is -2.12. The first-order valence-electron chi connectivity index (χ1n) is 10.1. The van der Waals surface area contributed by atoms with Gasteiger partial charge in [0, 0.05) is 18.7 Å². The Bertz CT molecular complexity index is 1330. The van der Waals surface area contributed by atoms with Gasteiger partial charge in [-0.3, -0.25) is 13.9 Å². The third-order valence-corrected chi connectivity index (χ3v) is 6.62. The van der Waals surface area contributed by atoms with E-state index in [1.165, 1.54) is 20.9 Å². The smallest absolute Gasteiger partial charge is 0.332 e. The molecule has 2 aromatic heterocycles. The van der Waals surface area contributed by atoms with Gasteiger partial charge >= 0.3 is 5.69 Å². The van der Waals surface area contributed by atoms with Gasteiger partial charge in [0.1, 0.15) is 0 Å². The Morgan fingerprint density at radius 1 is 0.969 bits per heavy atom. The van der Waals surface area contributed by atoms with Gasteiger partial charge in [0.25, 0.3) is 5.56 Å². The minimum Gasteiger partial charge on any atom is -0.391 e. The average Bonchev–Trinajstić information content (AvgIpc) is 3.18. The van der Waals surface area contributed by atoms with Gasteiger partial charge < -0.3 is 9.67 Å². The number of aromatic nitrogens is 4. The summed E-state index contributed by atoms with van der Waals surface area (Å²) in [5.74, 6) is 0.433.